The molecule has 120 valence electrons. The Bertz CT molecular complexity index is 724. The molecule has 2 amide bonds. The van der Waals surface area contributed by atoms with Gasteiger partial charge in [-0.3, -0.25) is 0 Å². The van der Waals surface area contributed by atoms with E-state index in [2.05, 4.69) is 5.32 Å². The minimum absolute atomic E-state index is 0.0332. The molecule has 4 nitrogen and oxygen atoms in total. The maximum absolute atomic E-state index is 13.1. The molecule has 2 aliphatic rings. The van der Waals surface area contributed by atoms with E-state index in [0.717, 1.165) is 59.9 Å². The van der Waals surface area contributed by atoms with Crippen LogP contribution in [0, 0.1) is 5.82 Å². The Labute approximate surface area is 138 Å². The summed E-state index contributed by atoms with van der Waals surface area (Å²) >= 11 is 1.61. The van der Waals surface area contributed by atoms with E-state index in [0.29, 0.717) is 0 Å². The van der Waals surface area contributed by atoms with Crippen LogP contribution < -0.4 is 5.32 Å². The minimum Gasteiger partial charge on any atom is -0.330 e. The predicted octanol–water partition coefficient (Wildman–Crippen LogP) is 3.74. The second kappa shape index (κ2) is 5.92. The van der Waals surface area contributed by atoms with Crippen LogP contribution in [0.4, 0.5) is 9.18 Å². The summed E-state index contributed by atoms with van der Waals surface area (Å²) in [5.41, 5.74) is 2.01. The SMILES string of the molecule is O=C(N[C@@H]1CCCc2nc(-c3ccc(F)cc3)sc21)N1CCC1. The highest BCUT2D eigenvalue weighted by molar-refractivity contribution is 7.15. The normalized spacial score (nSPS) is 19.9. The highest BCUT2D eigenvalue weighted by atomic mass is 32.1. The van der Waals surface area contributed by atoms with Crippen LogP contribution in [0.15, 0.2) is 24.3 Å². The second-order valence-electron chi connectivity index (χ2n) is 6.07. The molecule has 2 aromatic rings. The van der Waals surface area contributed by atoms with Crippen LogP contribution in [-0.4, -0.2) is 29.0 Å². The maximum atomic E-state index is 13.1. The monoisotopic (exact) mass is 331 g/mol. The number of benzene rings is 1. The Morgan fingerprint density at radius 3 is 2.74 bits per heavy atom. The molecule has 2 heterocycles. The molecule has 0 unspecified atom stereocenters. The highest BCUT2D eigenvalue weighted by Crippen LogP contribution is 2.38. The molecule has 4 rings (SSSR count). The van der Waals surface area contributed by atoms with Gasteiger partial charge in [0.1, 0.15) is 10.8 Å². The zero-order chi connectivity index (χ0) is 15.8. The molecule has 0 saturated carbocycles. The molecular formula is C17H18FN3OS. The molecule has 0 spiro atoms. The van der Waals surface area contributed by atoms with Crippen molar-refractivity contribution in [3.05, 3.63) is 40.7 Å². The van der Waals surface area contributed by atoms with E-state index in [-0.39, 0.29) is 17.9 Å². The van der Waals surface area contributed by atoms with Gasteiger partial charge in [-0.1, -0.05) is 0 Å². The van der Waals surface area contributed by atoms with E-state index in [4.69, 9.17) is 4.98 Å². The molecule has 0 bridgehead atoms. The van der Waals surface area contributed by atoms with Gasteiger partial charge >= 0.3 is 6.03 Å². The largest absolute Gasteiger partial charge is 0.330 e. The third-order valence-electron chi connectivity index (χ3n) is 4.48. The van der Waals surface area contributed by atoms with Crippen molar-refractivity contribution in [3.63, 3.8) is 0 Å². The number of urea groups is 1. The number of thiazole rings is 1. The predicted molar refractivity (Wildman–Crippen MR) is 87.9 cm³/mol. The van der Waals surface area contributed by atoms with E-state index in [9.17, 15) is 9.18 Å². The molecule has 23 heavy (non-hydrogen) atoms. The van der Waals surface area contributed by atoms with Crippen LogP contribution in [0.1, 0.15) is 35.9 Å². The van der Waals surface area contributed by atoms with Gasteiger partial charge < -0.3 is 10.2 Å². The van der Waals surface area contributed by atoms with E-state index < -0.39 is 0 Å². The molecule has 1 aliphatic heterocycles. The number of aromatic nitrogens is 1. The van der Waals surface area contributed by atoms with Gasteiger partial charge in [0.05, 0.1) is 16.6 Å². The summed E-state index contributed by atoms with van der Waals surface area (Å²) in [6, 6.07) is 6.52. The maximum Gasteiger partial charge on any atom is 0.317 e. The Balaban J connectivity index is 1.57. The summed E-state index contributed by atoms with van der Waals surface area (Å²) in [5, 5.41) is 4.05. The first kappa shape index (κ1) is 14.6. The Morgan fingerprint density at radius 1 is 1.26 bits per heavy atom. The van der Waals surface area contributed by atoms with Crippen LogP contribution >= 0.6 is 11.3 Å². The van der Waals surface area contributed by atoms with Gasteiger partial charge in [0.25, 0.3) is 0 Å². The summed E-state index contributed by atoms with van der Waals surface area (Å²) in [7, 11) is 0. The zero-order valence-electron chi connectivity index (χ0n) is 12.7. The molecule has 1 aliphatic carbocycles. The van der Waals surface area contributed by atoms with Gasteiger partial charge in [-0.2, -0.15) is 0 Å². The molecule has 1 atom stereocenters. The van der Waals surface area contributed by atoms with Crippen molar-refractivity contribution in [1.82, 2.24) is 15.2 Å². The number of halogens is 1. The lowest BCUT2D eigenvalue weighted by Gasteiger charge is -2.33. The van der Waals surface area contributed by atoms with Crippen molar-refractivity contribution in [2.75, 3.05) is 13.1 Å². The van der Waals surface area contributed by atoms with Crippen LogP contribution in [0.25, 0.3) is 10.6 Å². The lowest BCUT2D eigenvalue weighted by molar-refractivity contribution is 0.163. The Hall–Kier alpha value is -1.95. The lowest BCUT2D eigenvalue weighted by Crippen LogP contribution is -2.48. The number of nitrogens with zero attached hydrogens (tertiary/aromatic N) is 2. The summed E-state index contributed by atoms with van der Waals surface area (Å²) in [6.45, 7) is 1.71. The fourth-order valence-electron chi connectivity index (χ4n) is 3.03. The fraction of sp³-hybridized carbons (Fsp3) is 0.412. The van der Waals surface area contributed by atoms with Crippen LogP contribution in [0.2, 0.25) is 0 Å². The number of aryl methyl sites for hydroxylation is 1. The van der Waals surface area contributed by atoms with E-state index in [1.54, 1.807) is 23.5 Å². The number of hydrogen-bond acceptors (Lipinski definition) is 3. The number of likely N-dealkylation sites (tertiary alicyclic amines) is 1. The number of amides is 2. The first-order chi connectivity index (χ1) is 11.2. The number of carbonyl (C=O) groups excluding carboxylic acids is 1. The second-order valence-corrected chi connectivity index (χ2v) is 7.10. The summed E-state index contributed by atoms with van der Waals surface area (Å²) < 4.78 is 13.1. The van der Waals surface area contributed by atoms with Gasteiger partial charge in [0, 0.05) is 18.7 Å². The van der Waals surface area contributed by atoms with Gasteiger partial charge in [-0.15, -0.1) is 11.3 Å². The number of fused-ring (bicyclic) bond motifs is 1. The summed E-state index contributed by atoms with van der Waals surface area (Å²) in [5.74, 6) is -0.241. The standard InChI is InChI=1S/C17H18FN3OS/c18-12-7-5-11(6-8-12)16-19-13-3-1-4-14(15(13)23-16)20-17(22)21-9-2-10-21/h5-8,14H,1-4,9-10H2,(H,20,22)/t14-/m1/s1. The van der Waals surface area contributed by atoms with E-state index >= 15 is 0 Å². The molecule has 1 saturated heterocycles. The molecule has 1 N–H and O–H groups in total. The average Bonchev–Trinajstić information content (AvgIpc) is 2.91. The van der Waals surface area contributed by atoms with Crippen LogP contribution in [0.5, 0.6) is 0 Å². The first-order valence-corrected chi connectivity index (χ1v) is 8.83. The van der Waals surface area contributed by atoms with Crippen LogP contribution in [-0.2, 0) is 6.42 Å². The Morgan fingerprint density at radius 2 is 2.04 bits per heavy atom. The third-order valence-corrected chi connectivity index (χ3v) is 5.74. The van der Waals surface area contributed by atoms with Crippen molar-refractivity contribution in [2.45, 2.75) is 31.7 Å². The Kier molecular flexibility index (Phi) is 3.77. The van der Waals surface area contributed by atoms with Crippen molar-refractivity contribution in [2.24, 2.45) is 0 Å². The molecule has 1 fully saturated rings. The fourth-order valence-corrected chi connectivity index (χ4v) is 4.24. The number of nitrogens with one attached hydrogen (secondary N) is 1. The molecule has 1 aromatic heterocycles. The molecule has 0 radical (unpaired) electrons. The highest BCUT2D eigenvalue weighted by Gasteiger charge is 2.29. The molecular weight excluding hydrogens is 313 g/mol. The van der Waals surface area contributed by atoms with Crippen molar-refractivity contribution < 1.29 is 9.18 Å². The molecule has 6 heteroatoms. The number of hydrogen-bond donors (Lipinski definition) is 1. The van der Waals surface area contributed by atoms with Gasteiger partial charge in [-0.25, -0.2) is 14.2 Å². The molecule has 1 aromatic carbocycles. The average molecular weight is 331 g/mol. The van der Waals surface area contributed by atoms with Crippen molar-refractivity contribution in [1.29, 1.82) is 0 Å². The third kappa shape index (κ3) is 2.83. The summed E-state index contributed by atoms with van der Waals surface area (Å²) in [6.07, 6.45) is 4.03. The summed E-state index contributed by atoms with van der Waals surface area (Å²) in [4.78, 5) is 19.9. The number of rotatable bonds is 2. The minimum atomic E-state index is -0.241. The lowest BCUT2D eigenvalue weighted by atomic mass is 9.98. The smallest absolute Gasteiger partial charge is 0.317 e. The van der Waals surface area contributed by atoms with Crippen LogP contribution in [0.3, 0.4) is 0 Å². The van der Waals surface area contributed by atoms with Gasteiger partial charge in [0.2, 0.25) is 0 Å². The van der Waals surface area contributed by atoms with Gasteiger partial charge in [0.15, 0.2) is 0 Å². The number of carbonyl (C=O) groups is 1. The first-order valence-electron chi connectivity index (χ1n) is 8.02. The van der Waals surface area contributed by atoms with E-state index in [1.807, 2.05) is 4.90 Å². The van der Waals surface area contributed by atoms with Crippen molar-refractivity contribution >= 4 is 17.4 Å². The van der Waals surface area contributed by atoms with E-state index in [1.165, 1.54) is 12.1 Å². The quantitative estimate of drug-likeness (QED) is 0.911. The zero-order valence-corrected chi connectivity index (χ0v) is 13.5. The topological polar surface area (TPSA) is 45.2 Å². The van der Waals surface area contributed by atoms with Crippen molar-refractivity contribution in [3.8, 4) is 10.6 Å². The van der Waals surface area contributed by atoms with Gasteiger partial charge in [-0.05, 0) is 49.9 Å².